The Hall–Kier alpha value is -1.10. The Morgan fingerprint density at radius 1 is 1.50 bits per heavy atom. The van der Waals surface area contributed by atoms with E-state index in [0.717, 1.165) is 0 Å². The quantitative estimate of drug-likeness (QED) is 0.677. The lowest BCUT2D eigenvalue weighted by Gasteiger charge is -2.22. The number of hydrogen-bond donors (Lipinski definition) is 2. The molecule has 0 heterocycles. The van der Waals surface area contributed by atoms with Crippen LogP contribution in [0.3, 0.4) is 0 Å². The summed E-state index contributed by atoms with van der Waals surface area (Å²) in [5.41, 5.74) is -0.567. The van der Waals surface area contributed by atoms with Crippen molar-refractivity contribution in [2.24, 2.45) is 0 Å². The van der Waals surface area contributed by atoms with E-state index in [0.29, 0.717) is 0 Å². The lowest BCUT2D eigenvalue weighted by molar-refractivity contribution is -0.142. The fourth-order valence-corrected chi connectivity index (χ4v) is 0.813. The molecule has 5 nitrogen and oxygen atoms in total. The second-order valence-electron chi connectivity index (χ2n) is 3.77. The fraction of sp³-hybridized carbons (Fsp3) is 0.778. The molecule has 2 N–H and O–H groups in total. The van der Waals surface area contributed by atoms with E-state index in [2.05, 4.69) is 5.32 Å². The molecule has 0 aliphatic heterocycles. The second kappa shape index (κ2) is 4.95. The highest BCUT2D eigenvalue weighted by Crippen LogP contribution is 2.12. The van der Waals surface area contributed by atoms with Crippen LogP contribution in [0.4, 0.5) is 0 Å². The Labute approximate surface area is 83.4 Å². The van der Waals surface area contributed by atoms with Gasteiger partial charge in [0, 0.05) is 7.11 Å². The van der Waals surface area contributed by atoms with Gasteiger partial charge in [-0.2, -0.15) is 0 Å². The molecule has 0 fully saturated rings. The summed E-state index contributed by atoms with van der Waals surface area (Å²) < 4.78 is 5.04. The first-order valence-electron chi connectivity index (χ1n) is 4.36. The highest BCUT2D eigenvalue weighted by molar-refractivity contribution is 5.83. The number of carbonyl (C=O) groups excluding carboxylic acids is 1. The summed E-state index contributed by atoms with van der Waals surface area (Å²) in [4.78, 5) is 21.7. The Balaban J connectivity index is 4.05. The summed E-state index contributed by atoms with van der Waals surface area (Å²) in [7, 11) is 1.51. The SMILES string of the molecule is COC(C)(C)CC(=O)N[C@@H](C)C(=O)O. The van der Waals surface area contributed by atoms with Gasteiger partial charge in [0.15, 0.2) is 0 Å². The third-order valence-electron chi connectivity index (χ3n) is 1.89. The molecule has 82 valence electrons. The molecule has 0 rings (SSSR count). The van der Waals surface area contributed by atoms with E-state index in [1.807, 2.05) is 0 Å². The predicted octanol–water partition coefficient (Wildman–Crippen LogP) is 0.391. The lowest BCUT2D eigenvalue weighted by Crippen LogP contribution is -2.41. The average Bonchev–Trinajstić information content (AvgIpc) is 2.02. The maximum Gasteiger partial charge on any atom is 0.325 e. The molecule has 0 aromatic carbocycles. The molecule has 1 atom stereocenters. The molecule has 0 aromatic rings. The van der Waals surface area contributed by atoms with Gasteiger partial charge in [-0.05, 0) is 20.8 Å². The molecule has 0 spiro atoms. The van der Waals surface area contributed by atoms with E-state index in [1.54, 1.807) is 13.8 Å². The minimum Gasteiger partial charge on any atom is -0.480 e. The number of methoxy groups -OCH3 is 1. The second-order valence-corrected chi connectivity index (χ2v) is 3.77. The number of aliphatic carboxylic acids is 1. The van der Waals surface area contributed by atoms with E-state index in [9.17, 15) is 9.59 Å². The molecule has 5 heteroatoms. The Morgan fingerprint density at radius 2 is 2.00 bits per heavy atom. The number of carboxylic acids is 1. The lowest BCUT2D eigenvalue weighted by atomic mass is 10.0. The minimum atomic E-state index is -1.05. The van der Waals surface area contributed by atoms with E-state index >= 15 is 0 Å². The molecular weight excluding hydrogens is 186 g/mol. The summed E-state index contributed by atoms with van der Waals surface area (Å²) >= 11 is 0. The highest BCUT2D eigenvalue weighted by Gasteiger charge is 2.23. The fourth-order valence-electron chi connectivity index (χ4n) is 0.813. The van der Waals surface area contributed by atoms with Crippen LogP contribution in [0.25, 0.3) is 0 Å². The monoisotopic (exact) mass is 203 g/mol. The van der Waals surface area contributed by atoms with Gasteiger partial charge in [-0.15, -0.1) is 0 Å². The minimum absolute atomic E-state index is 0.140. The van der Waals surface area contributed by atoms with Crippen molar-refractivity contribution in [3.63, 3.8) is 0 Å². The molecular formula is C9H17NO4. The van der Waals surface area contributed by atoms with Crippen LogP contribution in [-0.2, 0) is 14.3 Å². The van der Waals surface area contributed by atoms with Gasteiger partial charge in [-0.25, -0.2) is 0 Å². The molecule has 0 unspecified atom stereocenters. The topological polar surface area (TPSA) is 75.6 Å². The van der Waals surface area contributed by atoms with Crippen molar-refractivity contribution >= 4 is 11.9 Å². The van der Waals surface area contributed by atoms with Crippen molar-refractivity contribution in [3.05, 3.63) is 0 Å². The molecule has 0 bridgehead atoms. The van der Waals surface area contributed by atoms with Crippen molar-refractivity contribution < 1.29 is 19.4 Å². The number of rotatable bonds is 5. The maximum atomic E-state index is 11.3. The van der Waals surface area contributed by atoms with Crippen LogP contribution in [0.1, 0.15) is 27.2 Å². The van der Waals surface area contributed by atoms with Crippen molar-refractivity contribution in [2.75, 3.05) is 7.11 Å². The number of amides is 1. The number of carbonyl (C=O) groups is 2. The van der Waals surface area contributed by atoms with Crippen LogP contribution < -0.4 is 5.32 Å². The third-order valence-corrected chi connectivity index (χ3v) is 1.89. The molecule has 0 saturated heterocycles. The third kappa shape index (κ3) is 4.81. The normalized spacial score (nSPS) is 13.4. The summed E-state index contributed by atoms with van der Waals surface area (Å²) in [5.74, 6) is -1.37. The zero-order valence-electron chi connectivity index (χ0n) is 8.96. The number of ether oxygens (including phenoxy) is 1. The van der Waals surface area contributed by atoms with Crippen molar-refractivity contribution in [2.45, 2.75) is 38.8 Å². The first-order valence-corrected chi connectivity index (χ1v) is 4.36. The zero-order valence-corrected chi connectivity index (χ0v) is 8.96. The molecule has 14 heavy (non-hydrogen) atoms. The van der Waals surface area contributed by atoms with Crippen LogP contribution in [0.2, 0.25) is 0 Å². The molecule has 0 aromatic heterocycles. The van der Waals surface area contributed by atoms with Gasteiger partial charge in [0.25, 0.3) is 0 Å². The summed E-state index contributed by atoms with van der Waals surface area (Å²) in [6, 6.07) is -0.866. The van der Waals surface area contributed by atoms with Gasteiger partial charge >= 0.3 is 5.97 Å². The zero-order chi connectivity index (χ0) is 11.4. The van der Waals surface area contributed by atoms with Gasteiger partial charge < -0.3 is 15.2 Å². The van der Waals surface area contributed by atoms with Crippen LogP contribution >= 0.6 is 0 Å². The van der Waals surface area contributed by atoms with Gasteiger partial charge in [-0.1, -0.05) is 0 Å². The van der Waals surface area contributed by atoms with E-state index < -0.39 is 17.6 Å². The Morgan fingerprint density at radius 3 is 2.36 bits per heavy atom. The predicted molar refractivity (Wildman–Crippen MR) is 50.9 cm³/mol. The van der Waals surface area contributed by atoms with Gasteiger partial charge in [0.1, 0.15) is 6.04 Å². The Kier molecular flexibility index (Phi) is 4.56. The van der Waals surface area contributed by atoms with Crippen molar-refractivity contribution in [1.82, 2.24) is 5.32 Å². The number of carboxylic acid groups (broad SMARTS) is 1. The van der Waals surface area contributed by atoms with E-state index in [-0.39, 0.29) is 12.3 Å². The van der Waals surface area contributed by atoms with Crippen LogP contribution in [-0.4, -0.2) is 35.7 Å². The van der Waals surface area contributed by atoms with Crippen LogP contribution in [0.15, 0.2) is 0 Å². The smallest absolute Gasteiger partial charge is 0.325 e. The summed E-state index contributed by atoms with van der Waals surface area (Å²) in [6.07, 6.45) is 0.140. The molecule has 1 amide bonds. The summed E-state index contributed by atoms with van der Waals surface area (Å²) in [6.45, 7) is 4.94. The van der Waals surface area contributed by atoms with Gasteiger partial charge in [0.2, 0.25) is 5.91 Å². The molecule has 0 aliphatic carbocycles. The number of hydrogen-bond acceptors (Lipinski definition) is 3. The van der Waals surface area contributed by atoms with Crippen molar-refractivity contribution in [3.8, 4) is 0 Å². The molecule has 0 radical (unpaired) electrons. The van der Waals surface area contributed by atoms with E-state index in [1.165, 1.54) is 14.0 Å². The summed E-state index contributed by atoms with van der Waals surface area (Å²) in [5, 5.41) is 10.9. The van der Waals surface area contributed by atoms with Crippen LogP contribution in [0.5, 0.6) is 0 Å². The van der Waals surface area contributed by atoms with E-state index in [4.69, 9.17) is 9.84 Å². The number of nitrogens with one attached hydrogen (secondary N) is 1. The average molecular weight is 203 g/mol. The largest absolute Gasteiger partial charge is 0.480 e. The Bertz CT molecular complexity index is 225. The first kappa shape index (κ1) is 12.9. The first-order chi connectivity index (χ1) is 6.28. The maximum absolute atomic E-state index is 11.3. The highest BCUT2D eigenvalue weighted by atomic mass is 16.5. The molecule has 0 saturated carbocycles. The van der Waals surface area contributed by atoms with Crippen LogP contribution in [0, 0.1) is 0 Å². The van der Waals surface area contributed by atoms with Gasteiger partial charge in [0.05, 0.1) is 12.0 Å². The molecule has 0 aliphatic rings. The standard InChI is InChI=1S/C9H17NO4/c1-6(8(12)13)10-7(11)5-9(2,3)14-4/h6H,5H2,1-4H3,(H,10,11)(H,12,13)/t6-/m0/s1. The van der Waals surface area contributed by atoms with Crippen molar-refractivity contribution in [1.29, 1.82) is 0 Å². The van der Waals surface area contributed by atoms with Gasteiger partial charge in [-0.3, -0.25) is 9.59 Å².